The normalized spacial score (nSPS) is 15.7. The van der Waals surface area contributed by atoms with Gasteiger partial charge in [-0.25, -0.2) is 4.52 Å². The predicted molar refractivity (Wildman–Crippen MR) is 89.7 cm³/mol. The van der Waals surface area contributed by atoms with Crippen molar-refractivity contribution in [3.63, 3.8) is 0 Å². The lowest BCUT2D eigenvalue weighted by molar-refractivity contribution is 0.513. The van der Waals surface area contributed by atoms with Crippen LogP contribution < -0.4 is 0 Å². The average Bonchev–Trinajstić information content (AvgIpc) is 2.93. The summed E-state index contributed by atoms with van der Waals surface area (Å²) in [5.74, 6) is -0.394. The van der Waals surface area contributed by atoms with Crippen molar-refractivity contribution in [3.05, 3.63) is 70.8 Å². The van der Waals surface area contributed by atoms with Gasteiger partial charge in [0, 0.05) is 11.1 Å². The van der Waals surface area contributed by atoms with E-state index in [0.717, 1.165) is 22.4 Å². The quantitative estimate of drug-likeness (QED) is 0.689. The van der Waals surface area contributed by atoms with Crippen LogP contribution >= 0.6 is 0 Å². The van der Waals surface area contributed by atoms with Gasteiger partial charge < -0.3 is 0 Å². The molecule has 3 aromatic rings. The Morgan fingerprint density at radius 2 is 2.08 bits per heavy atom. The second kappa shape index (κ2) is 5.00. The molecular formula is C19H15FN4. The first-order valence-corrected chi connectivity index (χ1v) is 7.74. The van der Waals surface area contributed by atoms with Gasteiger partial charge in [-0.3, -0.25) is 4.99 Å². The highest BCUT2D eigenvalue weighted by Gasteiger charge is 2.29. The van der Waals surface area contributed by atoms with Crippen LogP contribution in [-0.4, -0.2) is 20.9 Å². The van der Waals surface area contributed by atoms with Crippen molar-refractivity contribution in [2.24, 2.45) is 4.99 Å². The molecule has 1 aliphatic heterocycles. The molecular weight excluding hydrogens is 303 g/mol. The van der Waals surface area contributed by atoms with Gasteiger partial charge in [0.05, 0.1) is 34.6 Å². The molecule has 5 heteroatoms. The van der Waals surface area contributed by atoms with Crippen molar-refractivity contribution in [2.45, 2.75) is 25.8 Å². The number of fused-ring (bicyclic) bond motifs is 2. The number of hydrogen-bond acceptors (Lipinski definition) is 3. The minimum Gasteiger partial charge on any atom is -0.278 e. The van der Waals surface area contributed by atoms with Crippen molar-refractivity contribution in [2.75, 3.05) is 0 Å². The van der Waals surface area contributed by atoms with Crippen LogP contribution in [0.4, 0.5) is 4.39 Å². The highest BCUT2D eigenvalue weighted by molar-refractivity contribution is 6.15. The molecule has 2 aromatic heterocycles. The maximum Gasteiger partial charge on any atom is 0.214 e. The average molecular weight is 318 g/mol. The largest absolute Gasteiger partial charge is 0.278 e. The maximum atomic E-state index is 13.6. The van der Waals surface area contributed by atoms with Crippen LogP contribution in [0.1, 0.15) is 36.1 Å². The van der Waals surface area contributed by atoms with Gasteiger partial charge >= 0.3 is 0 Å². The lowest BCUT2D eigenvalue weighted by Gasteiger charge is -2.29. The van der Waals surface area contributed by atoms with Crippen LogP contribution in [0.25, 0.3) is 5.52 Å². The van der Waals surface area contributed by atoms with E-state index >= 15 is 0 Å². The second-order valence-corrected chi connectivity index (χ2v) is 6.63. The summed E-state index contributed by atoms with van der Waals surface area (Å²) in [5, 5.41) is 13.6. The van der Waals surface area contributed by atoms with Crippen molar-refractivity contribution >= 4 is 11.2 Å². The molecule has 0 amide bonds. The third-order valence-electron chi connectivity index (χ3n) is 4.30. The fourth-order valence-corrected chi connectivity index (χ4v) is 3.25. The molecule has 0 atom stereocenters. The van der Waals surface area contributed by atoms with Gasteiger partial charge in [0.1, 0.15) is 0 Å². The van der Waals surface area contributed by atoms with Crippen LogP contribution in [0.3, 0.4) is 0 Å². The summed E-state index contributed by atoms with van der Waals surface area (Å²) < 4.78 is 14.9. The molecule has 0 saturated carbocycles. The van der Waals surface area contributed by atoms with E-state index in [2.05, 4.69) is 11.2 Å². The zero-order valence-corrected chi connectivity index (χ0v) is 13.4. The van der Waals surface area contributed by atoms with E-state index in [1.54, 1.807) is 12.3 Å². The fourth-order valence-electron chi connectivity index (χ4n) is 3.25. The third-order valence-corrected chi connectivity index (χ3v) is 4.30. The Kier molecular flexibility index (Phi) is 3.04. The smallest absolute Gasteiger partial charge is 0.214 e. The summed E-state index contributed by atoms with van der Waals surface area (Å²) in [4.78, 5) is 4.88. The topological polar surface area (TPSA) is 53.5 Å². The van der Waals surface area contributed by atoms with E-state index in [9.17, 15) is 9.65 Å². The first kappa shape index (κ1) is 14.6. The van der Waals surface area contributed by atoms with Gasteiger partial charge in [-0.15, -0.1) is 0 Å². The van der Waals surface area contributed by atoms with Gasteiger partial charge in [0.25, 0.3) is 0 Å². The molecule has 0 spiro atoms. The minimum atomic E-state index is -0.394. The lowest BCUT2D eigenvalue weighted by atomic mass is 9.83. The number of aliphatic imine (C=N–C) groups is 1. The van der Waals surface area contributed by atoms with E-state index in [1.165, 1.54) is 10.6 Å². The Morgan fingerprint density at radius 3 is 2.88 bits per heavy atom. The zero-order valence-electron chi connectivity index (χ0n) is 13.4. The molecule has 0 aliphatic carbocycles. The summed E-state index contributed by atoms with van der Waals surface area (Å²) in [6, 6.07) is 12.9. The number of nitrogens with zero attached hydrogens (tertiary/aromatic N) is 4. The van der Waals surface area contributed by atoms with Crippen LogP contribution in [0.5, 0.6) is 0 Å². The van der Waals surface area contributed by atoms with Gasteiger partial charge in [-0.2, -0.15) is 14.8 Å². The van der Waals surface area contributed by atoms with Gasteiger partial charge in [-0.1, -0.05) is 12.1 Å². The molecule has 0 radical (unpaired) electrons. The van der Waals surface area contributed by atoms with E-state index in [1.807, 2.05) is 38.1 Å². The standard InChI is InChI=1S/C19H15FN4/c1-19(2)9-16-12(10-21)4-3-5-15(16)18(23-19)13-8-14-6-7-17(20)24(14)22-11-13/h3-8,11H,9H2,1-2H3. The molecule has 4 nitrogen and oxygen atoms in total. The molecule has 4 rings (SSSR count). The molecule has 1 aromatic carbocycles. The van der Waals surface area contributed by atoms with Crippen LogP contribution in [0.15, 0.2) is 47.6 Å². The molecule has 1 aliphatic rings. The number of hydrogen-bond donors (Lipinski definition) is 0. The van der Waals surface area contributed by atoms with Gasteiger partial charge in [-0.05, 0) is 50.1 Å². The summed E-state index contributed by atoms with van der Waals surface area (Å²) in [7, 11) is 0. The number of halogens is 1. The summed E-state index contributed by atoms with van der Waals surface area (Å²) in [6.45, 7) is 4.10. The van der Waals surface area contributed by atoms with E-state index in [0.29, 0.717) is 17.5 Å². The minimum absolute atomic E-state index is 0.311. The first-order valence-electron chi connectivity index (χ1n) is 7.74. The van der Waals surface area contributed by atoms with Gasteiger partial charge in [0.15, 0.2) is 0 Å². The Morgan fingerprint density at radius 1 is 1.25 bits per heavy atom. The molecule has 118 valence electrons. The lowest BCUT2D eigenvalue weighted by Crippen LogP contribution is -2.30. The van der Waals surface area contributed by atoms with Crippen LogP contribution in [-0.2, 0) is 6.42 Å². The van der Waals surface area contributed by atoms with Crippen molar-refractivity contribution in [1.82, 2.24) is 9.61 Å². The van der Waals surface area contributed by atoms with Gasteiger partial charge in [0.2, 0.25) is 5.95 Å². The summed E-state index contributed by atoms with van der Waals surface area (Å²) >= 11 is 0. The molecule has 0 fully saturated rings. The Bertz CT molecular complexity index is 1040. The molecule has 3 heterocycles. The Balaban J connectivity index is 1.96. The highest BCUT2D eigenvalue weighted by atomic mass is 19.1. The zero-order chi connectivity index (χ0) is 16.9. The monoisotopic (exact) mass is 318 g/mol. The van der Waals surface area contributed by atoms with Crippen molar-refractivity contribution in [3.8, 4) is 6.07 Å². The van der Waals surface area contributed by atoms with E-state index in [4.69, 9.17) is 4.99 Å². The third kappa shape index (κ3) is 2.19. The predicted octanol–water partition coefficient (Wildman–Crippen LogP) is 3.52. The SMILES string of the molecule is CC1(C)Cc2c(C#N)cccc2C(c2cnn3c(F)ccc3c2)=N1. The molecule has 0 N–H and O–H groups in total. The highest BCUT2D eigenvalue weighted by Crippen LogP contribution is 2.31. The summed E-state index contributed by atoms with van der Waals surface area (Å²) in [6.07, 6.45) is 2.34. The van der Waals surface area contributed by atoms with Crippen LogP contribution in [0, 0.1) is 17.3 Å². The Hall–Kier alpha value is -3.00. The van der Waals surface area contributed by atoms with E-state index < -0.39 is 5.95 Å². The molecule has 0 unspecified atom stereocenters. The Labute approximate surface area is 138 Å². The fraction of sp³-hybridized carbons (Fsp3) is 0.211. The summed E-state index contributed by atoms with van der Waals surface area (Å²) in [5.41, 5.74) is 4.63. The molecule has 24 heavy (non-hydrogen) atoms. The maximum absolute atomic E-state index is 13.6. The molecule has 0 saturated heterocycles. The van der Waals surface area contributed by atoms with Crippen molar-refractivity contribution in [1.29, 1.82) is 5.26 Å². The van der Waals surface area contributed by atoms with Crippen molar-refractivity contribution < 1.29 is 4.39 Å². The second-order valence-electron chi connectivity index (χ2n) is 6.63. The van der Waals surface area contributed by atoms with E-state index in [-0.39, 0.29) is 5.54 Å². The number of aromatic nitrogens is 2. The number of benzene rings is 1. The molecule has 0 bridgehead atoms. The number of nitriles is 1. The first-order chi connectivity index (χ1) is 11.5. The van der Waals surface area contributed by atoms with Crippen LogP contribution in [0.2, 0.25) is 0 Å². The number of rotatable bonds is 1.